The van der Waals surface area contributed by atoms with Gasteiger partial charge in [0.05, 0.1) is 19.8 Å². The van der Waals surface area contributed by atoms with E-state index in [-0.39, 0.29) is 23.2 Å². The number of methoxy groups -OCH3 is 1. The van der Waals surface area contributed by atoms with Crippen molar-refractivity contribution in [1.82, 2.24) is 0 Å². The van der Waals surface area contributed by atoms with E-state index in [1.54, 1.807) is 53.9 Å². The number of cyclic esters (lactones) is 1. The zero-order valence-electron chi connectivity index (χ0n) is 36.4. The van der Waals surface area contributed by atoms with E-state index in [0.29, 0.717) is 48.4 Å². The molecule has 1 saturated heterocycles. The normalized spacial score (nSPS) is 21.1. The van der Waals surface area contributed by atoms with Gasteiger partial charge in [-0.2, -0.15) is 0 Å². The molecule has 2 aromatic carbocycles. The van der Waals surface area contributed by atoms with Gasteiger partial charge in [0, 0.05) is 31.7 Å². The Hall–Kier alpha value is -3.42. The first kappa shape index (κ1) is 45.3. The van der Waals surface area contributed by atoms with Crippen molar-refractivity contribution in [2.24, 2.45) is 5.92 Å². The van der Waals surface area contributed by atoms with Crippen LogP contribution < -0.4 is 14.8 Å². The maximum absolute atomic E-state index is 13.3. The Morgan fingerprint density at radius 3 is 2.21 bits per heavy atom. The molecule has 0 bridgehead atoms. The summed E-state index contributed by atoms with van der Waals surface area (Å²) < 4.78 is 49.1. The topological polar surface area (TPSA) is 120 Å². The summed E-state index contributed by atoms with van der Waals surface area (Å²) in [5.74, 6) is -1.26. The Morgan fingerprint density at radius 2 is 1.61 bits per heavy atom. The van der Waals surface area contributed by atoms with Crippen molar-refractivity contribution in [2.45, 2.75) is 169 Å². The molecule has 1 fully saturated rings. The molecule has 0 radical (unpaired) electrons. The van der Waals surface area contributed by atoms with Crippen molar-refractivity contribution in [1.29, 1.82) is 0 Å². The second-order valence-electron chi connectivity index (χ2n) is 18.5. The summed E-state index contributed by atoms with van der Waals surface area (Å²) in [5, 5.41) is 2.90. The molecule has 2 aliphatic rings. The first-order chi connectivity index (χ1) is 25.8. The van der Waals surface area contributed by atoms with Crippen LogP contribution >= 0.6 is 0 Å². The highest BCUT2D eigenvalue weighted by atomic mass is 28.4. The monoisotopic (exact) mass is 797 g/mol. The summed E-state index contributed by atoms with van der Waals surface area (Å²) in [4.78, 5) is 26.0. The van der Waals surface area contributed by atoms with Crippen LogP contribution in [0.2, 0.25) is 18.1 Å². The largest absolute Gasteiger partial charge is 0.497 e. The van der Waals surface area contributed by atoms with Crippen molar-refractivity contribution in [2.75, 3.05) is 12.4 Å². The summed E-state index contributed by atoms with van der Waals surface area (Å²) in [7, 11) is -0.331. The van der Waals surface area contributed by atoms with E-state index >= 15 is 0 Å². The first-order valence-electron chi connectivity index (χ1n) is 19.8. The van der Waals surface area contributed by atoms with Gasteiger partial charge in [-0.15, -0.1) is 0 Å². The van der Waals surface area contributed by atoms with E-state index in [1.807, 2.05) is 38.1 Å². The van der Waals surface area contributed by atoms with Crippen molar-refractivity contribution in [3.63, 3.8) is 0 Å². The number of rotatable bonds is 15. The molecule has 1 N–H and O–H groups in total. The Kier molecular flexibility index (Phi) is 14.2. The number of esters is 1. The number of fused-ring (bicyclic) bond motifs is 1. The van der Waals surface area contributed by atoms with Gasteiger partial charge in [-0.05, 0) is 114 Å². The number of nitrogens with one attached hydrogen (secondary N) is 1. The van der Waals surface area contributed by atoms with E-state index in [1.165, 1.54) is 0 Å². The van der Waals surface area contributed by atoms with Gasteiger partial charge < -0.3 is 37.6 Å². The molecule has 0 aromatic heterocycles. The van der Waals surface area contributed by atoms with Crippen molar-refractivity contribution < 1.29 is 47.2 Å². The molecule has 2 heterocycles. The van der Waals surface area contributed by atoms with Crippen LogP contribution in [0.3, 0.4) is 0 Å². The third-order valence-corrected chi connectivity index (χ3v) is 15.0. The summed E-state index contributed by atoms with van der Waals surface area (Å²) in [6.07, 6.45) is 4.19. The van der Waals surface area contributed by atoms with Crippen LogP contribution in [0.1, 0.15) is 117 Å². The molecule has 2 aromatic rings. The lowest BCUT2D eigenvalue weighted by atomic mass is 9.95. The highest BCUT2D eigenvalue weighted by Gasteiger charge is 2.45. The molecular weight excluding hydrogens is 731 g/mol. The molecule has 0 saturated carbocycles. The molecular formula is C44H67NO10Si. The molecule has 0 unspecified atom stereocenters. The molecule has 4 rings (SSSR count). The highest BCUT2D eigenvalue weighted by molar-refractivity contribution is 6.74. The Labute approximate surface area is 336 Å². The average Bonchev–Trinajstić information content (AvgIpc) is 3.35. The third kappa shape index (κ3) is 12.5. The third-order valence-electron chi connectivity index (χ3n) is 10.4. The average molecular weight is 798 g/mol. The van der Waals surface area contributed by atoms with E-state index in [9.17, 15) is 9.59 Å². The second kappa shape index (κ2) is 17.6. The molecule has 2 aliphatic heterocycles. The van der Waals surface area contributed by atoms with Gasteiger partial charge in [-0.1, -0.05) is 52.0 Å². The summed E-state index contributed by atoms with van der Waals surface area (Å²) >= 11 is 0. The van der Waals surface area contributed by atoms with Crippen LogP contribution in [0.15, 0.2) is 48.6 Å². The van der Waals surface area contributed by atoms with Crippen LogP contribution in [0.5, 0.6) is 11.5 Å². The molecule has 12 heteroatoms. The minimum absolute atomic E-state index is 0.00936. The van der Waals surface area contributed by atoms with E-state index in [4.69, 9.17) is 37.6 Å². The summed E-state index contributed by atoms with van der Waals surface area (Å²) in [6, 6.07) is 11.2. The molecule has 0 aliphatic carbocycles. The maximum atomic E-state index is 13.3. The lowest BCUT2D eigenvalue weighted by Gasteiger charge is -2.39. The number of hydrogen-bond donors (Lipinski definition) is 1. The van der Waals surface area contributed by atoms with E-state index < -0.39 is 49.8 Å². The lowest BCUT2D eigenvalue weighted by molar-refractivity contribution is -0.156. The van der Waals surface area contributed by atoms with Crippen molar-refractivity contribution in [3.8, 4) is 11.5 Å². The molecule has 0 spiro atoms. The Bertz CT molecular complexity index is 1690. The highest BCUT2D eigenvalue weighted by Crippen LogP contribution is 2.40. The van der Waals surface area contributed by atoms with Crippen molar-refractivity contribution in [3.05, 3.63) is 65.2 Å². The number of anilines is 1. The number of aryl methyl sites for hydroxylation is 1. The van der Waals surface area contributed by atoms with Gasteiger partial charge in [0.25, 0.3) is 0 Å². The van der Waals surface area contributed by atoms with Gasteiger partial charge in [0.1, 0.15) is 34.9 Å². The van der Waals surface area contributed by atoms with Crippen LogP contribution in [-0.2, 0) is 41.1 Å². The first-order valence-corrected chi connectivity index (χ1v) is 22.7. The SMILES string of the molecule is COc1ccc(CO[C@H](/C=C\[C@@H](C)[C@H](C)O[Si](C)(C)C(C)(C)C)[C@H]2OC(C)(C)O[C@H]2CCCc2cc(NC(=O)OC(C)(C)C)cc3c2C(=O)OC(C)(C)O3)cc1. The molecule has 1 amide bonds. The number of carbonyl (C=O) groups is 2. The predicted octanol–water partition coefficient (Wildman–Crippen LogP) is 10.4. The molecule has 11 nitrogen and oxygen atoms in total. The van der Waals surface area contributed by atoms with Gasteiger partial charge in [-0.3, -0.25) is 5.32 Å². The van der Waals surface area contributed by atoms with Gasteiger partial charge in [0.15, 0.2) is 14.1 Å². The quantitative estimate of drug-likeness (QED) is 0.106. The van der Waals surface area contributed by atoms with Gasteiger partial charge >= 0.3 is 12.1 Å². The van der Waals surface area contributed by atoms with Crippen LogP contribution in [0.4, 0.5) is 10.5 Å². The second-order valence-corrected chi connectivity index (χ2v) is 23.3. The minimum Gasteiger partial charge on any atom is -0.497 e. The fraction of sp³-hybridized carbons (Fsp3) is 0.636. The summed E-state index contributed by atoms with van der Waals surface area (Å²) in [6.45, 7) is 28.5. The standard InChI is InChI=1S/C44H67NO10Si/c1-28(29(2)55-56(14,15)42(6,7)8)19-24-34(49-27-30-20-22-33(48-13)23-21-30)38-35(50-43(9,10)52-38)18-16-17-31-25-32(45-40(47)54-41(3,4)5)26-36-37(31)39(46)53-44(11,12)51-36/h19-26,28-29,34-35,38H,16-18,27H2,1-15H3,(H,45,47)/b24-19-/t28-,29+,34-,35+,38-/m1/s1. The van der Waals surface area contributed by atoms with Crippen LogP contribution in [0.25, 0.3) is 0 Å². The lowest BCUT2D eigenvalue weighted by Crippen LogP contribution is -2.44. The maximum Gasteiger partial charge on any atom is 0.412 e. The number of ether oxygens (including phenoxy) is 7. The molecule has 56 heavy (non-hydrogen) atoms. The number of hydrogen-bond acceptors (Lipinski definition) is 10. The fourth-order valence-electron chi connectivity index (χ4n) is 6.46. The van der Waals surface area contributed by atoms with E-state index in [0.717, 1.165) is 11.3 Å². The number of amides is 1. The summed E-state index contributed by atoms with van der Waals surface area (Å²) in [5.41, 5.74) is 1.79. The number of carbonyl (C=O) groups excluding carboxylic acids is 2. The minimum atomic E-state index is -1.98. The van der Waals surface area contributed by atoms with Gasteiger partial charge in [0.2, 0.25) is 5.79 Å². The zero-order chi connectivity index (χ0) is 41.9. The molecule has 5 atom stereocenters. The fourth-order valence-corrected chi connectivity index (χ4v) is 7.96. The Balaban J connectivity index is 1.58. The van der Waals surface area contributed by atoms with Gasteiger partial charge in [-0.25, -0.2) is 9.59 Å². The van der Waals surface area contributed by atoms with Crippen LogP contribution in [-0.4, -0.2) is 69.1 Å². The smallest absolute Gasteiger partial charge is 0.412 e. The predicted molar refractivity (Wildman–Crippen MR) is 221 cm³/mol. The zero-order valence-corrected chi connectivity index (χ0v) is 37.4. The van der Waals surface area contributed by atoms with Crippen LogP contribution in [0, 0.1) is 5.92 Å². The van der Waals surface area contributed by atoms with E-state index in [2.05, 4.69) is 65.2 Å². The Morgan fingerprint density at radius 1 is 0.946 bits per heavy atom. The molecule has 312 valence electrons. The number of benzene rings is 2. The van der Waals surface area contributed by atoms with Crippen molar-refractivity contribution >= 4 is 26.1 Å².